The standard InChI is InChI=1S/C8H6N.C5H5.C4H9.4CH3.CH2.2ClH.Ti/c1-2-4-8-7(3-1)5-6-9-8;1-2-4-5-3-1;1-4(2)3;;;;;;;;/h1-5,9H;1-3H,4H2;1-3H3;4*1H3;1H2;2*1H;. The maximum absolute atomic E-state index is 5.34. The van der Waals surface area contributed by atoms with Crippen LogP contribution in [0.15, 0.2) is 52.4 Å². The molecule has 26 heavy (non-hydrogen) atoms. The third-order valence-electron chi connectivity index (χ3n) is 9.95. The minimum atomic E-state index is -5.14. The van der Waals surface area contributed by atoms with Gasteiger partial charge in [-0.05, 0) is 0 Å². The molecule has 0 radical (unpaired) electrons. The first-order valence-electron chi connectivity index (χ1n) is 9.23. The monoisotopic (exact) mass is 432 g/mol. The molecule has 1 nitrogen and oxygen atoms in total. The van der Waals surface area contributed by atoms with E-state index >= 15 is 0 Å². The van der Waals surface area contributed by atoms with Crippen molar-refractivity contribution in [3.05, 3.63) is 52.4 Å². The van der Waals surface area contributed by atoms with Gasteiger partial charge in [0, 0.05) is 0 Å². The average molecular weight is 433 g/mol. The van der Waals surface area contributed by atoms with E-state index in [-0.39, 0.29) is 28.5 Å². The van der Waals surface area contributed by atoms with Crippen molar-refractivity contribution in [2.45, 2.75) is 51.8 Å². The number of benzene rings is 1. The van der Waals surface area contributed by atoms with Crippen LogP contribution in [0, 0.1) is 0 Å². The number of hydrogen-bond acceptors (Lipinski definition) is 0. The SMILES string of the molecule is Cl.Cl.[CH2]=[Ti]([CH3])([CH3])([CH3])([CH3])([C]1=CC=CC1)([c]1cc2ccccc2[nH]1)[C](C)(C)C. The number of hydrogen-bond donors (Lipinski definition) is 1. The predicted molar refractivity (Wildman–Crippen MR) is 125 cm³/mol. The third-order valence-corrected chi connectivity index (χ3v) is 34.8. The molecule has 0 spiro atoms. The Hall–Kier alpha value is -0.596. The number of rotatable bonds is 2. The first kappa shape index (κ1) is 23.4. The van der Waals surface area contributed by atoms with Gasteiger partial charge in [0.2, 0.25) is 0 Å². The molecule has 4 heteroatoms. The number of aromatic nitrogens is 1. The zero-order chi connectivity index (χ0) is 18.2. The van der Waals surface area contributed by atoms with Crippen molar-refractivity contribution in [2.75, 3.05) is 0 Å². The van der Waals surface area contributed by atoms with Gasteiger partial charge in [-0.25, -0.2) is 0 Å². The Balaban J connectivity index is 0.00000169. The second kappa shape index (κ2) is 4.35. The number of aromatic amines is 1. The van der Waals surface area contributed by atoms with E-state index < -0.39 is 11.0 Å². The third kappa shape index (κ3) is 2.12. The van der Waals surface area contributed by atoms with E-state index in [9.17, 15) is 0 Å². The fourth-order valence-electron chi connectivity index (χ4n) is 4.41. The molecule has 0 bridgehead atoms. The fourth-order valence-corrected chi connectivity index (χ4v) is 14.2. The molecular weight excluding hydrogens is 397 g/mol. The molecule has 2 aromatic rings. The normalized spacial score (nSPS) is 20.7. The van der Waals surface area contributed by atoms with Crippen molar-refractivity contribution in [3.63, 3.8) is 0 Å². The van der Waals surface area contributed by atoms with E-state index in [2.05, 4.69) is 95.2 Å². The van der Waals surface area contributed by atoms with E-state index in [4.69, 9.17) is 4.82 Å². The molecule has 0 aliphatic heterocycles. The van der Waals surface area contributed by atoms with Gasteiger partial charge in [-0.1, -0.05) is 0 Å². The van der Waals surface area contributed by atoms with Crippen molar-refractivity contribution in [1.29, 1.82) is 0 Å². The molecule has 1 aromatic heterocycles. The van der Waals surface area contributed by atoms with Crippen LogP contribution in [0.2, 0.25) is 24.6 Å². The van der Waals surface area contributed by atoms with Gasteiger partial charge in [0.1, 0.15) is 0 Å². The van der Waals surface area contributed by atoms with Gasteiger partial charge in [0.15, 0.2) is 0 Å². The summed E-state index contributed by atoms with van der Waals surface area (Å²) in [6.07, 6.45) is 7.80. The Morgan fingerprint density at radius 3 is 2.04 bits per heavy atom. The molecule has 1 N–H and O–H groups in total. The first-order valence-corrected chi connectivity index (χ1v) is 18.9. The number of fused-ring (bicyclic) bond motifs is 1. The molecule has 0 atom stereocenters. The van der Waals surface area contributed by atoms with Crippen molar-refractivity contribution in [3.8, 4) is 0 Å². The van der Waals surface area contributed by atoms with Gasteiger partial charge in [0.25, 0.3) is 0 Å². The number of H-pyrrole nitrogens is 1. The minimum absolute atomic E-state index is 0. The van der Waals surface area contributed by atoms with Crippen molar-refractivity contribution in [1.82, 2.24) is 4.98 Å². The summed E-state index contributed by atoms with van der Waals surface area (Å²) in [7, 11) is -5.14. The Labute approximate surface area is 164 Å². The number of allylic oxidation sites excluding steroid dienone is 4. The summed E-state index contributed by atoms with van der Waals surface area (Å²) in [4.78, 5) is 9.17. The summed E-state index contributed by atoms with van der Waals surface area (Å²) in [5, 5.41) is 11.3. The molecule has 0 saturated carbocycles. The second-order valence-electron chi connectivity index (χ2n) is 14.2. The Morgan fingerprint density at radius 2 is 1.58 bits per heavy atom. The van der Waals surface area contributed by atoms with Crippen LogP contribution in [0.1, 0.15) is 27.2 Å². The number of nitrogens with one attached hydrogen (secondary N) is 1. The number of halogens is 2. The maximum atomic E-state index is 5.34. The molecule has 1 heterocycles. The fraction of sp³-hybridized carbons (Fsp3) is 0.409. The molecule has 0 unspecified atom stereocenters. The molecular formula is C22H36Cl2NTi. The molecule has 0 fully saturated rings. The molecule has 147 valence electrons. The van der Waals surface area contributed by atoms with Gasteiger partial charge in [-0.3, -0.25) is 0 Å². The van der Waals surface area contributed by atoms with E-state index in [0.717, 1.165) is 6.42 Å². The summed E-state index contributed by atoms with van der Waals surface area (Å²) >= 11 is 0. The van der Waals surface area contributed by atoms with Gasteiger partial charge in [-0.15, -0.1) is 24.8 Å². The topological polar surface area (TPSA) is 15.8 Å². The molecule has 3 rings (SSSR count). The quantitative estimate of drug-likeness (QED) is 0.469. The van der Waals surface area contributed by atoms with Gasteiger partial charge >= 0.3 is 140 Å². The van der Waals surface area contributed by atoms with Crippen molar-refractivity contribution >= 4 is 44.5 Å². The first-order chi connectivity index (χ1) is 10.5. The van der Waals surface area contributed by atoms with Crippen LogP contribution in [-0.4, -0.2) is 9.80 Å². The molecule has 0 saturated heterocycles. The van der Waals surface area contributed by atoms with Crippen molar-refractivity contribution < 1.29 is 11.0 Å². The van der Waals surface area contributed by atoms with Crippen LogP contribution >= 0.6 is 24.8 Å². The van der Waals surface area contributed by atoms with E-state index in [1.807, 2.05) is 0 Å². The van der Waals surface area contributed by atoms with Crippen LogP contribution in [0.25, 0.3) is 10.9 Å². The number of para-hydroxylation sites is 1. The van der Waals surface area contributed by atoms with Gasteiger partial charge < -0.3 is 0 Å². The average Bonchev–Trinajstić information content (AvgIpc) is 3.07. The summed E-state index contributed by atoms with van der Waals surface area (Å²) in [6.45, 7) is 7.14. The van der Waals surface area contributed by atoms with Crippen molar-refractivity contribution in [2.24, 2.45) is 0 Å². The van der Waals surface area contributed by atoms with Crippen LogP contribution in [0.3, 0.4) is 0 Å². The van der Waals surface area contributed by atoms with Crippen LogP contribution in [-0.2, 0) is 11.0 Å². The molecule has 1 aromatic carbocycles. The van der Waals surface area contributed by atoms with Crippen LogP contribution < -0.4 is 4.00 Å². The molecule has 0 amide bonds. The molecule has 1 aliphatic rings. The van der Waals surface area contributed by atoms with Gasteiger partial charge in [0.05, 0.1) is 0 Å². The Morgan fingerprint density at radius 1 is 1.00 bits per heavy atom. The summed E-state index contributed by atoms with van der Waals surface area (Å²) in [6, 6.07) is 10.9. The van der Waals surface area contributed by atoms with E-state index in [1.54, 1.807) is 0 Å². The van der Waals surface area contributed by atoms with Crippen LogP contribution in [0.4, 0.5) is 0 Å². The predicted octanol–water partition coefficient (Wildman–Crippen LogP) is 7.62. The zero-order valence-electron chi connectivity index (χ0n) is 17.3. The summed E-state index contributed by atoms with van der Waals surface area (Å²) < 4.78 is 2.76. The summed E-state index contributed by atoms with van der Waals surface area (Å²) in [5.41, 5.74) is 1.20. The summed E-state index contributed by atoms with van der Waals surface area (Å²) in [5.74, 6) is 0. The second-order valence-corrected chi connectivity index (χ2v) is 44.3. The Bertz CT molecular complexity index is 1070. The molecule has 1 aliphatic carbocycles. The van der Waals surface area contributed by atoms with E-state index in [0.29, 0.717) is 0 Å². The van der Waals surface area contributed by atoms with E-state index in [1.165, 1.54) is 18.8 Å². The van der Waals surface area contributed by atoms with Gasteiger partial charge in [-0.2, -0.15) is 0 Å². The van der Waals surface area contributed by atoms with Crippen LogP contribution in [0.5, 0.6) is 0 Å². The zero-order valence-corrected chi connectivity index (χ0v) is 20.5. The Kier molecular flexibility index (Phi) is 3.93.